The van der Waals surface area contributed by atoms with E-state index in [1.54, 1.807) is 16.7 Å². The van der Waals surface area contributed by atoms with Gasteiger partial charge in [-0.1, -0.05) is 37.1 Å². The number of carbonyl (C=O) groups excluding carboxylic acids is 2. The molecular formula is C19H22N2O2S2. The number of nitrogens with zero attached hydrogens (tertiary/aromatic N) is 1. The molecule has 132 valence electrons. The third-order valence-corrected chi connectivity index (χ3v) is 6.43. The Balaban J connectivity index is 1.79. The molecule has 0 aliphatic carbocycles. The number of carbonyl (C=O) groups is 2. The molecule has 1 aromatic heterocycles. The highest BCUT2D eigenvalue weighted by Gasteiger charge is 2.41. The molecule has 1 aliphatic rings. The van der Waals surface area contributed by atoms with Crippen LogP contribution in [0.1, 0.15) is 35.0 Å². The Hall–Kier alpha value is -1.79. The van der Waals surface area contributed by atoms with Crippen LogP contribution in [0.15, 0.2) is 41.8 Å². The van der Waals surface area contributed by atoms with E-state index >= 15 is 0 Å². The van der Waals surface area contributed by atoms with Gasteiger partial charge in [-0.15, -0.1) is 23.1 Å². The van der Waals surface area contributed by atoms with Crippen LogP contribution in [0.25, 0.3) is 0 Å². The smallest absolute Gasteiger partial charge is 0.265 e. The number of benzene rings is 1. The molecule has 0 bridgehead atoms. The van der Waals surface area contributed by atoms with Crippen LogP contribution < -0.4 is 5.32 Å². The van der Waals surface area contributed by atoms with Crippen LogP contribution >= 0.6 is 23.1 Å². The lowest BCUT2D eigenvalue weighted by Gasteiger charge is -2.28. The number of thiophene rings is 1. The van der Waals surface area contributed by atoms with Gasteiger partial charge in [0, 0.05) is 11.4 Å². The summed E-state index contributed by atoms with van der Waals surface area (Å²) in [6.07, 6.45) is 1.88. The molecule has 2 unspecified atom stereocenters. The first-order valence-corrected chi connectivity index (χ1v) is 10.4. The maximum absolute atomic E-state index is 12.9. The van der Waals surface area contributed by atoms with Crippen LogP contribution in [-0.2, 0) is 4.79 Å². The van der Waals surface area contributed by atoms with Crippen molar-refractivity contribution in [2.24, 2.45) is 0 Å². The number of aryl methyl sites for hydroxylation is 1. The third-order valence-electron chi connectivity index (χ3n) is 4.22. The molecule has 2 aromatic rings. The quantitative estimate of drug-likeness (QED) is 0.845. The van der Waals surface area contributed by atoms with E-state index in [1.807, 2.05) is 48.7 Å². The molecule has 0 spiro atoms. The van der Waals surface area contributed by atoms with E-state index in [0.717, 1.165) is 24.1 Å². The molecule has 0 saturated carbocycles. The van der Waals surface area contributed by atoms with Crippen molar-refractivity contribution in [1.29, 1.82) is 0 Å². The van der Waals surface area contributed by atoms with E-state index in [0.29, 0.717) is 10.6 Å². The van der Waals surface area contributed by atoms with Crippen LogP contribution in [0.2, 0.25) is 0 Å². The van der Waals surface area contributed by atoms with Crippen LogP contribution in [0.3, 0.4) is 0 Å². The summed E-state index contributed by atoms with van der Waals surface area (Å²) < 4.78 is 0. The number of nitrogens with one attached hydrogen (secondary N) is 1. The monoisotopic (exact) mass is 374 g/mol. The van der Waals surface area contributed by atoms with Crippen molar-refractivity contribution in [3.05, 3.63) is 52.2 Å². The van der Waals surface area contributed by atoms with Gasteiger partial charge in [-0.2, -0.15) is 0 Å². The molecule has 6 heteroatoms. The van der Waals surface area contributed by atoms with Crippen molar-refractivity contribution in [1.82, 2.24) is 4.90 Å². The first-order valence-electron chi connectivity index (χ1n) is 8.45. The van der Waals surface area contributed by atoms with Crippen LogP contribution in [0.5, 0.6) is 0 Å². The van der Waals surface area contributed by atoms with E-state index < -0.39 is 6.04 Å². The topological polar surface area (TPSA) is 49.4 Å². The van der Waals surface area contributed by atoms with E-state index in [9.17, 15) is 9.59 Å². The number of rotatable bonds is 5. The van der Waals surface area contributed by atoms with Gasteiger partial charge in [0.15, 0.2) is 0 Å². The lowest BCUT2D eigenvalue weighted by atomic mass is 10.2. The van der Waals surface area contributed by atoms with E-state index in [1.165, 1.54) is 11.3 Å². The Kier molecular flexibility index (Phi) is 5.81. The zero-order valence-electron chi connectivity index (χ0n) is 14.4. The van der Waals surface area contributed by atoms with E-state index in [2.05, 4.69) is 12.2 Å². The SMILES string of the molecule is CCCC1SCC(C(=O)Nc2ccc(C)cc2)N1C(=O)c1cccs1. The highest BCUT2D eigenvalue weighted by Crippen LogP contribution is 2.34. The summed E-state index contributed by atoms with van der Waals surface area (Å²) in [6.45, 7) is 4.12. The van der Waals surface area contributed by atoms with Gasteiger partial charge in [0.05, 0.1) is 10.3 Å². The summed E-state index contributed by atoms with van der Waals surface area (Å²) in [6, 6.07) is 11.0. The summed E-state index contributed by atoms with van der Waals surface area (Å²) >= 11 is 3.12. The van der Waals surface area contributed by atoms with Gasteiger partial charge in [0.1, 0.15) is 6.04 Å². The number of amides is 2. The molecule has 1 aromatic carbocycles. The zero-order valence-corrected chi connectivity index (χ0v) is 16.0. The molecular weight excluding hydrogens is 352 g/mol. The molecule has 0 radical (unpaired) electrons. The summed E-state index contributed by atoms with van der Waals surface area (Å²) in [5.41, 5.74) is 1.91. The average Bonchev–Trinajstić information content (AvgIpc) is 3.26. The molecule has 1 saturated heterocycles. The van der Waals surface area contributed by atoms with Gasteiger partial charge in [-0.3, -0.25) is 9.59 Å². The first kappa shape index (κ1) is 18.0. The predicted molar refractivity (Wildman–Crippen MR) is 105 cm³/mol. The molecule has 2 amide bonds. The maximum atomic E-state index is 12.9. The van der Waals surface area contributed by atoms with Crippen LogP contribution in [-0.4, -0.2) is 33.9 Å². The van der Waals surface area contributed by atoms with Crippen molar-refractivity contribution in [2.75, 3.05) is 11.1 Å². The molecule has 1 fully saturated rings. The first-order chi connectivity index (χ1) is 12.1. The van der Waals surface area contributed by atoms with E-state index in [-0.39, 0.29) is 17.2 Å². The maximum Gasteiger partial charge on any atom is 0.265 e. The van der Waals surface area contributed by atoms with Gasteiger partial charge in [0.2, 0.25) is 5.91 Å². The highest BCUT2D eigenvalue weighted by molar-refractivity contribution is 8.00. The second-order valence-corrected chi connectivity index (χ2v) is 8.30. The standard InChI is InChI=1S/C19H22N2O2S2/c1-3-5-17-21(19(23)16-6-4-11-24-16)15(12-25-17)18(22)20-14-9-7-13(2)8-10-14/h4,6-11,15,17H,3,5,12H2,1-2H3,(H,20,22). The van der Waals surface area contributed by atoms with Crippen LogP contribution in [0, 0.1) is 6.92 Å². The number of hydrogen-bond donors (Lipinski definition) is 1. The summed E-state index contributed by atoms with van der Waals surface area (Å²) in [5.74, 6) is 0.488. The summed E-state index contributed by atoms with van der Waals surface area (Å²) in [7, 11) is 0. The fourth-order valence-electron chi connectivity index (χ4n) is 2.90. The number of anilines is 1. The molecule has 4 nitrogen and oxygen atoms in total. The minimum atomic E-state index is -0.433. The van der Waals surface area contributed by atoms with Gasteiger partial charge < -0.3 is 10.2 Å². The number of hydrogen-bond acceptors (Lipinski definition) is 4. The molecule has 2 atom stereocenters. The Morgan fingerprint density at radius 2 is 2.00 bits per heavy atom. The van der Waals surface area contributed by atoms with Gasteiger partial charge in [-0.25, -0.2) is 0 Å². The molecule has 2 heterocycles. The Morgan fingerprint density at radius 3 is 2.64 bits per heavy atom. The second-order valence-electron chi connectivity index (χ2n) is 6.14. The minimum Gasteiger partial charge on any atom is -0.324 e. The molecule has 1 aliphatic heterocycles. The van der Waals surface area contributed by atoms with E-state index in [4.69, 9.17) is 0 Å². The summed E-state index contributed by atoms with van der Waals surface area (Å²) in [4.78, 5) is 28.2. The minimum absolute atomic E-state index is 0.0393. The Labute approximate surface area is 156 Å². The van der Waals surface area contributed by atoms with Gasteiger partial charge in [0.25, 0.3) is 5.91 Å². The Bertz CT molecular complexity index is 728. The van der Waals surface area contributed by atoms with Gasteiger partial charge in [-0.05, 0) is 36.9 Å². The van der Waals surface area contributed by atoms with Crippen molar-refractivity contribution >= 4 is 40.6 Å². The number of thioether (sulfide) groups is 1. The summed E-state index contributed by atoms with van der Waals surface area (Å²) in [5, 5.41) is 4.92. The lowest BCUT2D eigenvalue weighted by molar-refractivity contribution is -0.119. The fourth-order valence-corrected chi connectivity index (χ4v) is 5.09. The Morgan fingerprint density at radius 1 is 1.24 bits per heavy atom. The van der Waals surface area contributed by atoms with Gasteiger partial charge >= 0.3 is 0 Å². The lowest BCUT2D eigenvalue weighted by Crippen LogP contribution is -2.47. The molecule has 25 heavy (non-hydrogen) atoms. The third kappa shape index (κ3) is 4.07. The van der Waals surface area contributed by atoms with Crippen LogP contribution in [0.4, 0.5) is 5.69 Å². The predicted octanol–water partition coefficient (Wildman–Crippen LogP) is 4.38. The van der Waals surface area contributed by atoms with Crippen molar-refractivity contribution in [3.8, 4) is 0 Å². The molecule has 3 rings (SSSR count). The second kappa shape index (κ2) is 8.06. The highest BCUT2D eigenvalue weighted by atomic mass is 32.2. The largest absolute Gasteiger partial charge is 0.324 e. The van der Waals surface area contributed by atoms with Crippen molar-refractivity contribution in [2.45, 2.75) is 38.1 Å². The fraction of sp³-hybridized carbons (Fsp3) is 0.368. The normalized spacial score (nSPS) is 19.8. The van der Waals surface area contributed by atoms with Crippen molar-refractivity contribution in [3.63, 3.8) is 0 Å². The average molecular weight is 375 g/mol. The van der Waals surface area contributed by atoms with Crippen molar-refractivity contribution < 1.29 is 9.59 Å². The molecule has 1 N–H and O–H groups in total. The zero-order chi connectivity index (χ0) is 17.8.